The number of fused-ring (bicyclic) bond motifs is 1. The summed E-state index contributed by atoms with van der Waals surface area (Å²) in [4.78, 5) is 0. The molecule has 0 unspecified atom stereocenters. The molecular weight excluding hydrogens is 284 g/mol. The molecule has 1 nitrogen and oxygen atoms in total. The van der Waals surface area contributed by atoms with Gasteiger partial charge in [-0.15, -0.1) is 0 Å². The summed E-state index contributed by atoms with van der Waals surface area (Å²) in [5, 5.41) is 1.12. The van der Waals surface area contributed by atoms with Crippen molar-refractivity contribution in [2.45, 2.75) is 6.92 Å². The molecule has 12 heavy (non-hydrogen) atoms. The molecule has 0 aliphatic rings. The van der Waals surface area contributed by atoms with Crippen molar-refractivity contribution >= 4 is 42.8 Å². The Bertz CT molecular complexity index is 431. The average molecular weight is 290 g/mol. The Balaban J connectivity index is 2.88. The number of aryl methyl sites for hydroxylation is 1. The number of hydrogen-bond acceptors (Lipinski definition) is 1. The van der Waals surface area contributed by atoms with Gasteiger partial charge in [-0.2, -0.15) is 0 Å². The minimum absolute atomic E-state index is 0.767. The maximum Gasteiger partial charge on any atom is 0.170 e. The van der Waals surface area contributed by atoms with Gasteiger partial charge in [-0.1, -0.05) is 0 Å². The third kappa shape index (κ3) is 1.31. The lowest BCUT2D eigenvalue weighted by Gasteiger charge is -1.94. The molecule has 2 aromatic rings. The molecule has 0 saturated carbocycles. The van der Waals surface area contributed by atoms with Gasteiger partial charge in [-0.25, -0.2) is 0 Å². The maximum absolute atomic E-state index is 5.42. The van der Waals surface area contributed by atoms with E-state index in [9.17, 15) is 0 Å². The Labute approximate surface area is 87.0 Å². The number of furan rings is 1. The SMILES string of the molecule is Cc1cc(Br)c2oc(Br)cc2c1. The van der Waals surface area contributed by atoms with Crippen LogP contribution < -0.4 is 0 Å². The second-order valence-electron chi connectivity index (χ2n) is 2.72. The third-order valence-corrected chi connectivity index (χ3v) is 2.67. The highest BCUT2D eigenvalue weighted by Crippen LogP contribution is 2.30. The minimum Gasteiger partial charge on any atom is -0.448 e. The van der Waals surface area contributed by atoms with Gasteiger partial charge in [0.25, 0.3) is 0 Å². The topological polar surface area (TPSA) is 13.1 Å². The van der Waals surface area contributed by atoms with Crippen LogP contribution >= 0.6 is 31.9 Å². The van der Waals surface area contributed by atoms with Crippen LogP contribution in [-0.4, -0.2) is 0 Å². The average Bonchev–Trinajstić information content (AvgIpc) is 2.29. The van der Waals surface area contributed by atoms with Crippen molar-refractivity contribution in [1.82, 2.24) is 0 Å². The van der Waals surface area contributed by atoms with Crippen LogP contribution in [0.4, 0.5) is 0 Å². The minimum atomic E-state index is 0.767. The fourth-order valence-electron chi connectivity index (χ4n) is 1.22. The zero-order valence-electron chi connectivity index (χ0n) is 6.40. The second kappa shape index (κ2) is 2.89. The molecular formula is C9H6Br2O. The van der Waals surface area contributed by atoms with Crippen LogP contribution in [0.2, 0.25) is 0 Å². The van der Waals surface area contributed by atoms with Gasteiger partial charge < -0.3 is 4.42 Å². The van der Waals surface area contributed by atoms with E-state index in [0.29, 0.717) is 0 Å². The summed E-state index contributed by atoms with van der Waals surface area (Å²) >= 11 is 6.74. The zero-order valence-corrected chi connectivity index (χ0v) is 9.57. The predicted molar refractivity (Wildman–Crippen MR) is 56.4 cm³/mol. The summed E-state index contributed by atoms with van der Waals surface area (Å²) < 4.78 is 7.19. The third-order valence-electron chi connectivity index (χ3n) is 1.69. The van der Waals surface area contributed by atoms with Crippen molar-refractivity contribution in [2.24, 2.45) is 0 Å². The molecule has 0 atom stereocenters. The van der Waals surface area contributed by atoms with Crippen molar-refractivity contribution in [1.29, 1.82) is 0 Å². The van der Waals surface area contributed by atoms with E-state index in [1.807, 2.05) is 12.1 Å². The molecule has 1 aromatic heterocycles. The molecule has 0 radical (unpaired) electrons. The second-order valence-corrected chi connectivity index (χ2v) is 4.35. The molecule has 3 heteroatoms. The lowest BCUT2D eigenvalue weighted by Crippen LogP contribution is -1.72. The van der Waals surface area contributed by atoms with E-state index in [2.05, 4.69) is 44.8 Å². The van der Waals surface area contributed by atoms with Crippen LogP contribution in [0, 0.1) is 6.92 Å². The Morgan fingerprint density at radius 3 is 2.67 bits per heavy atom. The summed E-state index contributed by atoms with van der Waals surface area (Å²) in [6, 6.07) is 6.10. The highest BCUT2D eigenvalue weighted by molar-refractivity contribution is 9.11. The quantitative estimate of drug-likeness (QED) is 0.706. The number of benzene rings is 1. The summed E-state index contributed by atoms with van der Waals surface area (Å²) in [6.45, 7) is 2.06. The van der Waals surface area contributed by atoms with Crippen LogP contribution in [0.1, 0.15) is 5.56 Å². The van der Waals surface area contributed by atoms with Crippen molar-refractivity contribution in [3.05, 3.63) is 32.9 Å². The molecule has 62 valence electrons. The van der Waals surface area contributed by atoms with Crippen LogP contribution in [0.3, 0.4) is 0 Å². The van der Waals surface area contributed by atoms with Crippen LogP contribution in [0.15, 0.2) is 31.8 Å². The van der Waals surface area contributed by atoms with Gasteiger partial charge in [-0.05, 0) is 62.5 Å². The van der Waals surface area contributed by atoms with Gasteiger partial charge in [0.15, 0.2) is 4.67 Å². The highest BCUT2D eigenvalue weighted by Gasteiger charge is 2.05. The summed E-state index contributed by atoms with van der Waals surface area (Å²) in [5.41, 5.74) is 2.12. The molecule has 2 rings (SSSR count). The van der Waals surface area contributed by atoms with E-state index in [0.717, 1.165) is 20.1 Å². The molecule has 0 saturated heterocycles. The number of rotatable bonds is 0. The van der Waals surface area contributed by atoms with Crippen molar-refractivity contribution in [3.8, 4) is 0 Å². The predicted octanol–water partition coefficient (Wildman–Crippen LogP) is 4.27. The van der Waals surface area contributed by atoms with Crippen LogP contribution in [0.5, 0.6) is 0 Å². The molecule has 1 aromatic carbocycles. The first kappa shape index (κ1) is 8.32. The summed E-state index contributed by atoms with van der Waals surface area (Å²) in [5.74, 6) is 0. The van der Waals surface area contributed by atoms with Crippen molar-refractivity contribution < 1.29 is 4.42 Å². The Morgan fingerprint density at radius 1 is 1.17 bits per heavy atom. The van der Waals surface area contributed by atoms with E-state index in [1.54, 1.807) is 0 Å². The van der Waals surface area contributed by atoms with Gasteiger partial charge >= 0.3 is 0 Å². The Kier molecular flexibility index (Phi) is 2.00. The standard InChI is InChI=1S/C9H6Br2O/c1-5-2-6-4-8(11)12-9(6)7(10)3-5/h2-4H,1H3. The molecule has 0 amide bonds. The van der Waals surface area contributed by atoms with Gasteiger partial charge in [0.1, 0.15) is 5.58 Å². The summed E-state index contributed by atoms with van der Waals surface area (Å²) in [7, 11) is 0. The fraction of sp³-hybridized carbons (Fsp3) is 0.111. The number of halogens is 2. The van der Waals surface area contributed by atoms with Crippen LogP contribution in [-0.2, 0) is 0 Å². The molecule has 0 spiro atoms. The monoisotopic (exact) mass is 288 g/mol. The fourth-order valence-corrected chi connectivity index (χ4v) is 2.30. The normalized spacial score (nSPS) is 10.9. The number of hydrogen-bond donors (Lipinski definition) is 0. The first-order valence-electron chi connectivity index (χ1n) is 3.52. The van der Waals surface area contributed by atoms with Crippen molar-refractivity contribution in [2.75, 3.05) is 0 Å². The van der Waals surface area contributed by atoms with E-state index in [-0.39, 0.29) is 0 Å². The molecule has 0 aliphatic carbocycles. The zero-order chi connectivity index (χ0) is 8.72. The molecule has 1 heterocycles. The Hall–Kier alpha value is -0.280. The van der Waals surface area contributed by atoms with E-state index in [1.165, 1.54) is 5.56 Å². The first-order chi connectivity index (χ1) is 5.66. The van der Waals surface area contributed by atoms with E-state index < -0.39 is 0 Å². The maximum atomic E-state index is 5.42. The van der Waals surface area contributed by atoms with Gasteiger partial charge in [0, 0.05) is 5.39 Å². The van der Waals surface area contributed by atoms with Crippen molar-refractivity contribution in [3.63, 3.8) is 0 Å². The lowest BCUT2D eigenvalue weighted by molar-refractivity contribution is 0.585. The highest BCUT2D eigenvalue weighted by atomic mass is 79.9. The molecule has 0 N–H and O–H groups in total. The van der Waals surface area contributed by atoms with Gasteiger partial charge in [-0.3, -0.25) is 0 Å². The smallest absolute Gasteiger partial charge is 0.170 e. The van der Waals surface area contributed by atoms with Gasteiger partial charge in [0.2, 0.25) is 0 Å². The molecule has 0 aliphatic heterocycles. The molecule has 0 fully saturated rings. The largest absolute Gasteiger partial charge is 0.448 e. The van der Waals surface area contributed by atoms with Gasteiger partial charge in [0.05, 0.1) is 4.47 Å². The van der Waals surface area contributed by atoms with E-state index >= 15 is 0 Å². The van der Waals surface area contributed by atoms with E-state index in [4.69, 9.17) is 4.42 Å². The molecule has 0 bridgehead atoms. The first-order valence-corrected chi connectivity index (χ1v) is 5.10. The summed E-state index contributed by atoms with van der Waals surface area (Å²) in [6.07, 6.45) is 0. The Morgan fingerprint density at radius 2 is 1.92 bits per heavy atom. The lowest BCUT2D eigenvalue weighted by atomic mass is 10.2. The van der Waals surface area contributed by atoms with Crippen LogP contribution in [0.25, 0.3) is 11.0 Å².